The molecule has 106 valence electrons. The van der Waals surface area contributed by atoms with E-state index in [2.05, 4.69) is 27.4 Å². The van der Waals surface area contributed by atoms with Gasteiger partial charge in [-0.15, -0.1) is 0 Å². The Hall–Kier alpha value is -2.01. The Labute approximate surface area is 119 Å². The van der Waals surface area contributed by atoms with Crippen LogP contribution in [0, 0.1) is 0 Å². The minimum absolute atomic E-state index is 0.508. The van der Waals surface area contributed by atoms with Crippen molar-refractivity contribution in [3.8, 4) is 5.75 Å². The van der Waals surface area contributed by atoms with Crippen molar-refractivity contribution in [2.45, 2.75) is 6.61 Å². The van der Waals surface area contributed by atoms with Gasteiger partial charge in [-0.1, -0.05) is 0 Å². The third kappa shape index (κ3) is 3.11. The van der Waals surface area contributed by atoms with Crippen molar-refractivity contribution in [1.82, 2.24) is 15.1 Å². The fourth-order valence-electron chi connectivity index (χ4n) is 2.37. The number of nitrogens with zero attached hydrogens (tertiary/aromatic N) is 3. The second-order valence-corrected chi connectivity index (χ2v) is 5.00. The Morgan fingerprint density at radius 3 is 2.55 bits per heavy atom. The molecule has 20 heavy (non-hydrogen) atoms. The van der Waals surface area contributed by atoms with Crippen LogP contribution in [0.15, 0.2) is 36.5 Å². The minimum atomic E-state index is 0.508. The van der Waals surface area contributed by atoms with Crippen molar-refractivity contribution >= 4 is 5.69 Å². The van der Waals surface area contributed by atoms with Gasteiger partial charge in [-0.2, -0.15) is 5.10 Å². The van der Waals surface area contributed by atoms with Crippen LogP contribution in [0.1, 0.15) is 5.69 Å². The summed E-state index contributed by atoms with van der Waals surface area (Å²) >= 11 is 0. The fraction of sp³-hybridized carbons (Fsp3) is 0.400. The van der Waals surface area contributed by atoms with Gasteiger partial charge >= 0.3 is 0 Å². The zero-order valence-corrected chi connectivity index (χ0v) is 11.7. The molecule has 2 heterocycles. The first-order chi connectivity index (χ1) is 9.81. The van der Waals surface area contributed by atoms with Crippen LogP contribution < -0.4 is 15.0 Å². The Morgan fingerprint density at radius 1 is 1.15 bits per heavy atom. The van der Waals surface area contributed by atoms with E-state index < -0.39 is 0 Å². The summed E-state index contributed by atoms with van der Waals surface area (Å²) in [6.45, 7) is 4.74. The summed E-state index contributed by atoms with van der Waals surface area (Å²) in [5.74, 6) is 0.884. The number of aromatic nitrogens is 2. The van der Waals surface area contributed by atoms with E-state index in [9.17, 15) is 0 Å². The van der Waals surface area contributed by atoms with E-state index >= 15 is 0 Å². The molecule has 0 saturated carbocycles. The van der Waals surface area contributed by atoms with Crippen LogP contribution in [0.5, 0.6) is 5.75 Å². The lowest BCUT2D eigenvalue weighted by molar-refractivity contribution is 0.300. The molecule has 0 aliphatic carbocycles. The van der Waals surface area contributed by atoms with Crippen LogP contribution in [0.3, 0.4) is 0 Å². The van der Waals surface area contributed by atoms with Crippen molar-refractivity contribution in [2.75, 3.05) is 31.1 Å². The van der Waals surface area contributed by atoms with E-state index in [4.69, 9.17) is 4.74 Å². The lowest BCUT2D eigenvalue weighted by Crippen LogP contribution is -2.43. The first-order valence-electron chi connectivity index (χ1n) is 6.98. The lowest BCUT2D eigenvalue weighted by Gasteiger charge is -2.29. The second-order valence-electron chi connectivity index (χ2n) is 5.00. The molecule has 0 bridgehead atoms. The van der Waals surface area contributed by atoms with Crippen LogP contribution in [0.25, 0.3) is 0 Å². The topological polar surface area (TPSA) is 42.3 Å². The molecule has 0 amide bonds. The average Bonchev–Trinajstić information content (AvgIpc) is 2.92. The molecule has 3 rings (SSSR count). The Morgan fingerprint density at radius 2 is 1.90 bits per heavy atom. The maximum Gasteiger partial charge on any atom is 0.132 e. The highest BCUT2D eigenvalue weighted by atomic mass is 16.5. The first-order valence-corrected chi connectivity index (χ1v) is 6.98. The summed E-state index contributed by atoms with van der Waals surface area (Å²) in [7, 11) is 1.91. The van der Waals surface area contributed by atoms with Gasteiger partial charge in [0.1, 0.15) is 12.4 Å². The molecule has 1 aromatic carbocycles. The van der Waals surface area contributed by atoms with Gasteiger partial charge < -0.3 is 15.0 Å². The minimum Gasteiger partial charge on any atom is -0.487 e. The highest BCUT2D eigenvalue weighted by Gasteiger charge is 2.10. The van der Waals surface area contributed by atoms with E-state index in [1.807, 2.05) is 31.4 Å². The predicted molar refractivity (Wildman–Crippen MR) is 79.1 cm³/mol. The van der Waals surface area contributed by atoms with Crippen molar-refractivity contribution < 1.29 is 4.74 Å². The normalized spacial score (nSPS) is 15.3. The Balaban J connectivity index is 1.58. The Bertz CT molecular complexity index is 543. The number of benzene rings is 1. The molecular weight excluding hydrogens is 252 g/mol. The van der Waals surface area contributed by atoms with Gasteiger partial charge in [-0.05, 0) is 30.3 Å². The molecule has 1 fully saturated rings. The zero-order valence-electron chi connectivity index (χ0n) is 11.7. The molecule has 5 heteroatoms. The number of anilines is 1. The van der Waals surface area contributed by atoms with Gasteiger partial charge in [0.25, 0.3) is 0 Å². The van der Waals surface area contributed by atoms with Gasteiger partial charge in [0.05, 0.1) is 5.69 Å². The SMILES string of the molecule is Cn1ccc(COc2ccc(N3CCNCC3)cc2)n1. The van der Waals surface area contributed by atoms with E-state index in [1.165, 1.54) is 5.69 Å². The largest absolute Gasteiger partial charge is 0.487 e. The standard InChI is InChI=1S/C15H20N4O/c1-18-9-6-13(17-18)12-20-15-4-2-14(3-5-15)19-10-7-16-8-11-19/h2-6,9,16H,7-8,10-12H2,1H3. The van der Waals surface area contributed by atoms with Crippen LogP contribution >= 0.6 is 0 Å². The Kier molecular flexibility index (Phi) is 3.87. The van der Waals surface area contributed by atoms with Crippen LogP contribution in [0.2, 0.25) is 0 Å². The van der Waals surface area contributed by atoms with Gasteiger partial charge in [-0.3, -0.25) is 4.68 Å². The average molecular weight is 272 g/mol. The van der Waals surface area contributed by atoms with Crippen LogP contribution in [-0.4, -0.2) is 36.0 Å². The summed E-state index contributed by atoms with van der Waals surface area (Å²) in [6, 6.07) is 10.3. The summed E-state index contributed by atoms with van der Waals surface area (Å²) in [6.07, 6.45) is 1.92. The molecule has 1 aliphatic rings. The van der Waals surface area contributed by atoms with Gasteiger partial charge in [0, 0.05) is 45.1 Å². The maximum absolute atomic E-state index is 5.74. The number of ether oxygens (including phenoxy) is 1. The molecule has 1 saturated heterocycles. The number of hydrogen-bond acceptors (Lipinski definition) is 4. The van der Waals surface area contributed by atoms with E-state index in [1.54, 1.807) is 4.68 Å². The van der Waals surface area contributed by atoms with E-state index in [-0.39, 0.29) is 0 Å². The second kappa shape index (κ2) is 5.96. The summed E-state index contributed by atoms with van der Waals surface area (Å²) in [5, 5.41) is 7.65. The van der Waals surface area contributed by atoms with Crippen molar-refractivity contribution in [3.63, 3.8) is 0 Å². The highest BCUT2D eigenvalue weighted by Crippen LogP contribution is 2.20. The molecular formula is C15H20N4O. The summed E-state index contributed by atoms with van der Waals surface area (Å²) in [5.41, 5.74) is 2.20. The van der Waals surface area contributed by atoms with E-state index in [0.29, 0.717) is 6.61 Å². The van der Waals surface area contributed by atoms with Crippen molar-refractivity contribution in [2.24, 2.45) is 7.05 Å². The summed E-state index contributed by atoms with van der Waals surface area (Å²) in [4.78, 5) is 2.39. The van der Waals surface area contributed by atoms with Gasteiger partial charge in [-0.25, -0.2) is 0 Å². The molecule has 0 radical (unpaired) electrons. The van der Waals surface area contributed by atoms with E-state index in [0.717, 1.165) is 37.6 Å². The lowest BCUT2D eigenvalue weighted by atomic mass is 10.2. The summed E-state index contributed by atoms with van der Waals surface area (Å²) < 4.78 is 7.52. The smallest absolute Gasteiger partial charge is 0.132 e. The molecule has 5 nitrogen and oxygen atoms in total. The number of piperazine rings is 1. The highest BCUT2D eigenvalue weighted by molar-refractivity contribution is 5.49. The predicted octanol–water partition coefficient (Wildman–Crippen LogP) is 1.41. The molecule has 1 aromatic heterocycles. The first kappa shape index (κ1) is 13.0. The molecule has 0 unspecified atom stereocenters. The quantitative estimate of drug-likeness (QED) is 0.914. The van der Waals surface area contributed by atoms with Gasteiger partial charge in [0.2, 0.25) is 0 Å². The number of rotatable bonds is 4. The fourth-order valence-corrected chi connectivity index (χ4v) is 2.37. The number of aryl methyl sites for hydroxylation is 1. The third-order valence-corrected chi connectivity index (χ3v) is 3.47. The van der Waals surface area contributed by atoms with Crippen LogP contribution in [0.4, 0.5) is 5.69 Å². The van der Waals surface area contributed by atoms with Crippen molar-refractivity contribution in [3.05, 3.63) is 42.2 Å². The van der Waals surface area contributed by atoms with Crippen LogP contribution in [-0.2, 0) is 13.7 Å². The number of nitrogens with one attached hydrogen (secondary N) is 1. The molecule has 1 N–H and O–H groups in total. The maximum atomic E-state index is 5.74. The zero-order chi connectivity index (χ0) is 13.8. The monoisotopic (exact) mass is 272 g/mol. The molecule has 2 aromatic rings. The van der Waals surface area contributed by atoms with Gasteiger partial charge in [0.15, 0.2) is 0 Å². The molecule has 0 spiro atoms. The molecule has 0 atom stereocenters. The third-order valence-electron chi connectivity index (χ3n) is 3.47. The molecule has 1 aliphatic heterocycles. The number of hydrogen-bond donors (Lipinski definition) is 1. The van der Waals surface area contributed by atoms with Crippen molar-refractivity contribution in [1.29, 1.82) is 0 Å².